The zero-order valence-electron chi connectivity index (χ0n) is 14.7. The van der Waals surface area contributed by atoms with Crippen molar-refractivity contribution in [2.45, 2.75) is 25.7 Å². The third-order valence-electron chi connectivity index (χ3n) is 3.43. The quantitative estimate of drug-likeness (QED) is 0.277. The lowest BCUT2D eigenvalue weighted by Gasteiger charge is -2.13. The van der Waals surface area contributed by atoms with Gasteiger partial charge in [-0.05, 0) is 37.8 Å². The predicted octanol–water partition coefficient (Wildman–Crippen LogP) is 0.205. The van der Waals surface area contributed by atoms with Crippen molar-refractivity contribution in [1.82, 2.24) is 10.6 Å². The highest BCUT2D eigenvalue weighted by Crippen LogP contribution is 2.20. The molecule has 26 heavy (non-hydrogen) atoms. The van der Waals surface area contributed by atoms with Gasteiger partial charge < -0.3 is 20.1 Å². The van der Waals surface area contributed by atoms with E-state index in [1.54, 1.807) is 0 Å². The molecule has 0 aliphatic carbocycles. The minimum atomic E-state index is -0.682. The Hall–Kier alpha value is -2.90. The van der Waals surface area contributed by atoms with Gasteiger partial charge >= 0.3 is 0 Å². The Morgan fingerprint density at radius 3 is 1.50 bits per heavy atom. The summed E-state index contributed by atoms with van der Waals surface area (Å²) in [5.74, 6) is -0.559. The molecule has 0 atom stereocenters. The van der Waals surface area contributed by atoms with Crippen LogP contribution < -0.4 is 31.0 Å². The Balaban J connectivity index is 2.23. The number of ether oxygens (including phenoxy) is 2. The average molecular weight is 364 g/mol. The van der Waals surface area contributed by atoms with E-state index in [0.29, 0.717) is 38.8 Å². The summed E-state index contributed by atoms with van der Waals surface area (Å²) >= 11 is 0. The number of carbonyl (C=O) groups is 2. The monoisotopic (exact) mass is 364 g/mol. The first-order valence-electron chi connectivity index (χ1n) is 8.40. The number of carbonyl (C=O) groups excluding carboxylic acids is 2. The molecular formula is C18H24N2O6. The number of hydrogen-bond donors (Lipinski definition) is 2. The summed E-state index contributed by atoms with van der Waals surface area (Å²) in [5, 5.41) is 5.25. The maximum atomic E-state index is 11.5. The van der Waals surface area contributed by atoms with Gasteiger partial charge in [-0.15, -0.1) is 0 Å². The molecule has 2 N–H and O–H groups in total. The van der Waals surface area contributed by atoms with Crippen molar-refractivity contribution in [3.63, 3.8) is 0 Å². The molecule has 0 bridgehead atoms. The topological polar surface area (TPSA) is 111 Å². The molecule has 0 spiro atoms. The lowest BCUT2D eigenvalue weighted by atomic mass is 10.2. The fourth-order valence-electron chi connectivity index (χ4n) is 1.98. The van der Waals surface area contributed by atoms with E-state index in [0.717, 1.165) is 0 Å². The van der Waals surface area contributed by atoms with Gasteiger partial charge in [-0.3, -0.25) is 19.2 Å². The molecule has 1 aromatic carbocycles. The largest absolute Gasteiger partial charge is 0.486 e. The predicted molar refractivity (Wildman–Crippen MR) is 97.2 cm³/mol. The van der Waals surface area contributed by atoms with Gasteiger partial charge in [-0.2, -0.15) is 0 Å². The first-order chi connectivity index (χ1) is 12.5. The van der Waals surface area contributed by atoms with Gasteiger partial charge in [-0.1, -0.05) is 13.2 Å². The van der Waals surface area contributed by atoms with Crippen LogP contribution in [0.3, 0.4) is 0 Å². The van der Waals surface area contributed by atoms with Crippen LogP contribution in [0.25, 0.3) is 0 Å². The number of unbranched alkanes of at least 4 members (excludes halogenated alkanes) is 2. The van der Waals surface area contributed by atoms with E-state index in [9.17, 15) is 19.2 Å². The summed E-state index contributed by atoms with van der Waals surface area (Å²) in [6, 6.07) is 0. The second-order valence-electron chi connectivity index (χ2n) is 5.42. The molecule has 0 fully saturated rings. The summed E-state index contributed by atoms with van der Waals surface area (Å²) in [7, 11) is 0. The second kappa shape index (κ2) is 11.6. The molecule has 0 aliphatic rings. The molecule has 0 saturated heterocycles. The number of rotatable bonds is 14. The molecular weight excluding hydrogens is 340 g/mol. The molecule has 0 saturated carbocycles. The van der Waals surface area contributed by atoms with E-state index in [1.165, 1.54) is 12.2 Å². The van der Waals surface area contributed by atoms with Gasteiger partial charge in [0.2, 0.25) is 23.3 Å². The maximum absolute atomic E-state index is 11.5. The minimum Gasteiger partial charge on any atom is -0.486 e. The first-order valence-corrected chi connectivity index (χ1v) is 8.40. The number of hydrogen-bond acceptors (Lipinski definition) is 6. The van der Waals surface area contributed by atoms with Crippen molar-refractivity contribution in [2.24, 2.45) is 0 Å². The number of nitrogens with one attached hydrogen (secondary N) is 2. The van der Waals surface area contributed by atoms with E-state index in [4.69, 9.17) is 9.47 Å². The average Bonchev–Trinajstić information content (AvgIpc) is 2.66. The molecule has 0 unspecified atom stereocenters. The van der Waals surface area contributed by atoms with Gasteiger partial charge in [0.05, 0.1) is 13.2 Å². The Labute approximate surface area is 151 Å². The van der Waals surface area contributed by atoms with Crippen LogP contribution in [0.5, 0.6) is 11.5 Å². The van der Waals surface area contributed by atoms with Gasteiger partial charge in [-0.25, -0.2) is 0 Å². The molecule has 0 aliphatic heterocycles. The summed E-state index contributed by atoms with van der Waals surface area (Å²) in [5.41, 5.74) is -1.36. The normalized spacial score (nSPS) is 10.2. The van der Waals surface area contributed by atoms with E-state index in [2.05, 4.69) is 23.8 Å². The standard InChI is InChI=1S/C18H24N2O6/c1-3-13(21)19-9-5-7-11-25-17-15(23)16(24)18(17)26-12-8-6-10-20-14(22)4-2/h3-4H,1-2,5-12H2,(H,19,21)(H,20,22). The van der Waals surface area contributed by atoms with Crippen LogP contribution >= 0.6 is 0 Å². The molecule has 2 amide bonds. The van der Waals surface area contributed by atoms with Crippen molar-refractivity contribution >= 4 is 11.8 Å². The molecule has 0 radical (unpaired) electrons. The van der Waals surface area contributed by atoms with Crippen LogP contribution in [-0.4, -0.2) is 38.1 Å². The van der Waals surface area contributed by atoms with E-state index in [-0.39, 0.29) is 36.5 Å². The van der Waals surface area contributed by atoms with Gasteiger partial charge in [0.1, 0.15) is 0 Å². The Bertz CT molecular complexity index is 643. The van der Waals surface area contributed by atoms with Gasteiger partial charge in [0.25, 0.3) is 10.9 Å². The zero-order valence-corrected chi connectivity index (χ0v) is 14.7. The van der Waals surface area contributed by atoms with Crippen molar-refractivity contribution < 1.29 is 19.1 Å². The van der Waals surface area contributed by atoms with Gasteiger partial charge in [0, 0.05) is 13.1 Å². The third kappa shape index (κ3) is 6.92. The maximum Gasteiger partial charge on any atom is 0.275 e. The molecule has 1 rings (SSSR count). The summed E-state index contributed by atoms with van der Waals surface area (Å²) in [6.07, 6.45) is 4.94. The number of amides is 2. The van der Waals surface area contributed by atoms with Crippen LogP contribution in [0.15, 0.2) is 34.9 Å². The van der Waals surface area contributed by atoms with E-state index in [1.807, 2.05) is 0 Å². The van der Waals surface area contributed by atoms with E-state index < -0.39 is 10.9 Å². The van der Waals surface area contributed by atoms with Gasteiger partial charge in [0.15, 0.2) is 0 Å². The summed E-state index contributed by atoms with van der Waals surface area (Å²) in [4.78, 5) is 45.0. The smallest absolute Gasteiger partial charge is 0.275 e. The molecule has 142 valence electrons. The highest BCUT2D eigenvalue weighted by atomic mass is 16.5. The Kier molecular flexibility index (Phi) is 9.45. The molecule has 1 aromatic rings. The lowest BCUT2D eigenvalue weighted by molar-refractivity contribution is -0.117. The van der Waals surface area contributed by atoms with Crippen molar-refractivity contribution in [2.75, 3.05) is 26.3 Å². The SMILES string of the molecule is C=CC(=O)NCCCCOc1c(OCCCCNC(=O)C=C)c(=O)c1=O. The van der Waals surface area contributed by atoms with Crippen molar-refractivity contribution in [3.8, 4) is 11.5 Å². The third-order valence-corrected chi connectivity index (χ3v) is 3.43. The van der Waals surface area contributed by atoms with Crippen LogP contribution in [0.4, 0.5) is 0 Å². The fourth-order valence-corrected chi connectivity index (χ4v) is 1.98. The summed E-state index contributed by atoms with van der Waals surface area (Å²) < 4.78 is 10.6. The zero-order chi connectivity index (χ0) is 19.4. The first kappa shape index (κ1) is 21.1. The Morgan fingerprint density at radius 2 is 1.15 bits per heavy atom. The molecule has 0 aromatic heterocycles. The van der Waals surface area contributed by atoms with Crippen LogP contribution in [0.1, 0.15) is 25.7 Å². The second-order valence-corrected chi connectivity index (χ2v) is 5.42. The molecule has 0 heterocycles. The van der Waals surface area contributed by atoms with Crippen LogP contribution in [-0.2, 0) is 9.59 Å². The molecule has 8 heteroatoms. The van der Waals surface area contributed by atoms with Crippen LogP contribution in [0, 0.1) is 0 Å². The lowest BCUT2D eigenvalue weighted by Crippen LogP contribution is -2.34. The minimum absolute atomic E-state index is 0.0370. The van der Waals surface area contributed by atoms with E-state index >= 15 is 0 Å². The Morgan fingerprint density at radius 1 is 0.769 bits per heavy atom. The van der Waals surface area contributed by atoms with Crippen LogP contribution in [0.2, 0.25) is 0 Å². The molecule has 8 nitrogen and oxygen atoms in total. The van der Waals surface area contributed by atoms with Crippen molar-refractivity contribution in [1.29, 1.82) is 0 Å². The fraction of sp³-hybridized carbons (Fsp3) is 0.444. The highest BCUT2D eigenvalue weighted by molar-refractivity contribution is 5.87. The van der Waals surface area contributed by atoms with Crippen molar-refractivity contribution in [3.05, 3.63) is 45.8 Å². The highest BCUT2D eigenvalue weighted by Gasteiger charge is 2.24. The summed E-state index contributed by atoms with van der Waals surface area (Å²) in [6.45, 7) is 8.14.